The van der Waals surface area contributed by atoms with E-state index in [-0.39, 0.29) is 18.6 Å². The number of aromatic amines is 1. The maximum absolute atomic E-state index is 12.8. The molecule has 0 spiro atoms. The Morgan fingerprint density at radius 2 is 1.79 bits per heavy atom. The minimum absolute atomic E-state index is 0.0501. The molecule has 0 aliphatic carbocycles. The van der Waals surface area contributed by atoms with Crippen LogP contribution in [0.3, 0.4) is 0 Å². The second-order valence-electron chi connectivity index (χ2n) is 9.78. The summed E-state index contributed by atoms with van der Waals surface area (Å²) in [6.07, 6.45) is 0.340. The van der Waals surface area contributed by atoms with Gasteiger partial charge in [-0.25, -0.2) is 4.99 Å². The van der Waals surface area contributed by atoms with Crippen LogP contribution in [0.4, 0.5) is 5.69 Å². The van der Waals surface area contributed by atoms with Gasteiger partial charge < -0.3 is 29.4 Å². The fourth-order valence-electron chi connectivity index (χ4n) is 4.96. The van der Waals surface area contributed by atoms with Crippen LogP contribution in [0.5, 0.6) is 17.4 Å². The lowest BCUT2D eigenvalue weighted by molar-refractivity contribution is -0.132. The van der Waals surface area contributed by atoms with Crippen molar-refractivity contribution in [3.05, 3.63) is 82.9 Å². The highest BCUT2D eigenvalue weighted by atomic mass is 16.7. The number of rotatable bonds is 5. The van der Waals surface area contributed by atoms with Gasteiger partial charge in [-0.15, -0.1) is 0 Å². The van der Waals surface area contributed by atoms with Crippen molar-refractivity contribution < 1.29 is 19.4 Å². The molecule has 4 aromatic rings. The van der Waals surface area contributed by atoms with Crippen molar-refractivity contribution in [2.75, 3.05) is 40.0 Å². The van der Waals surface area contributed by atoms with Gasteiger partial charge in [-0.3, -0.25) is 4.79 Å². The lowest BCUT2D eigenvalue weighted by Gasteiger charge is -2.32. The zero-order chi connectivity index (χ0) is 26.9. The quantitative estimate of drug-likeness (QED) is 0.385. The summed E-state index contributed by atoms with van der Waals surface area (Å²) in [5.74, 6) is 1.32. The van der Waals surface area contributed by atoms with E-state index in [0.717, 1.165) is 42.7 Å². The predicted molar refractivity (Wildman–Crippen MR) is 147 cm³/mol. The van der Waals surface area contributed by atoms with Crippen molar-refractivity contribution in [2.45, 2.75) is 6.42 Å². The molecule has 6 rings (SSSR count). The van der Waals surface area contributed by atoms with E-state index >= 15 is 0 Å². The maximum atomic E-state index is 12.8. The Kier molecular flexibility index (Phi) is 6.39. The van der Waals surface area contributed by atoms with Gasteiger partial charge >= 0.3 is 0 Å². The summed E-state index contributed by atoms with van der Waals surface area (Å²) in [7, 11) is 2.07. The monoisotopic (exact) mass is 521 g/mol. The van der Waals surface area contributed by atoms with Crippen LogP contribution in [0.25, 0.3) is 10.9 Å². The van der Waals surface area contributed by atoms with Gasteiger partial charge in [-0.2, -0.15) is 5.26 Å². The highest BCUT2D eigenvalue weighted by Gasteiger charge is 2.23. The molecule has 3 heterocycles. The average molecular weight is 522 g/mol. The molecule has 39 heavy (non-hydrogen) atoms. The number of nitriles is 1. The van der Waals surface area contributed by atoms with Crippen LogP contribution in [0.1, 0.15) is 22.3 Å². The van der Waals surface area contributed by atoms with Gasteiger partial charge in [-0.1, -0.05) is 18.2 Å². The molecule has 196 valence electrons. The first-order valence-electron chi connectivity index (χ1n) is 12.8. The molecule has 9 heteroatoms. The number of nitrogens with one attached hydrogen (secondary N) is 1. The van der Waals surface area contributed by atoms with E-state index in [9.17, 15) is 15.2 Å². The molecule has 3 aromatic carbocycles. The summed E-state index contributed by atoms with van der Waals surface area (Å²) in [6.45, 7) is 3.43. The van der Waals surface area contributed by atoms with Crippen molar-refractivity contribution in [3.63, 3.8) is 0 Å². The molecule has 0 radical (unpaired) electrons. The molecule has 2 N–H and O–H groups in total. The molecule has 2 aliphatic heterocycles. The summed E-state index contributed by atoms with van der Waals surface area (Å²) in [6, 6.07) is 20.4. The standard InChI is InChI=1S/C30H27N5O4/c1-34-10-12-35(13-11-34)27(36)15-19-2-6-22(7-3-19)32-29(21-5-9-25-26(16-21)39-18-38-25)28-23-8-4-20(17-31)14-24(23)33-30(28)37/h2-9,14,16,33,37H,10-13,15,18H2,1H3. The van der Waals surface area contributed by atoms with Gasteiger partial charge in [0.05, 0.1) is 40.5 Å². The summed E-state index contributed by atoms with van der Waals surface area (Å²) < 4.78 is 11.1. The fraction of sp³-hybridized carbons (Fsp3) is 0.233. The first-order chi connectivity index (χ1) is 19.0. The minimum atomic E-state index is -0.0501. The van der Waals surface area contributed by atoms with Crippen LogP contribution in [0.15, 0.2) is 65.7 Å². The Morgan fingerprint density at radius 3 is 2.56 bits per heavy atom. The molecular formula is C30H27N5O4. The second kappa shape index (κ2) is 10.2. The Hall–Kier alpha value is -4.81. The lowest BCUT2D eigenvalue weighted by atomic mass is 9.99. The van der Waals surface area contributed by atoms with E-state index < -0.39 is 0 Å². The predicted octanol–water partition coefficient (Wildman–Crippen LogP) is 3.96. The van der Waals surface area contributed by atoms with E-state index in [2.05, 4.69) is 23.0 Å². The lowest BCUT2D eigenvalue weighted by Crippen LogP contribution is -2.47. The number of likely N-dealkylation sites (N-methyl/N-ethyl adjacent to an activating group) is 1. The van der Waals surface area contributed by atoms with Crippen LogP contribution >= 0.6 is 0 Å². The number of fused-ring (bicyclic) bond motifs is 2. The molecule has 1 saturated heterocycles. The van der Waals surface area contributed by atoms with Crippen LogP contribution in [-0.2, 0) is 11.2 Å². The Labute approximate surface area is 225 Å². The maximum Gasteiger partial charge on any atom is 0.231 e. The smallest absolute Gasteiger partial charge is 0.231 e. The first-order valence-corrected chi connectivity index (χ1v) is 12.8. The molecule has 9 nitrogen and oxygen atoms in total. The highest BCUT2D eigenvalue weighted by molar-refractivity contribution is 6.22. The summed E-state index contributed by atoms with van der Waals surface area (Å²) in [5.41, 5.74) is 4.48. The molecule has 0 saturated carbocycles. The van der Waals surface area contributed by atoms with Gasteiger partial charge in [0, 0.05) is 37.1 Å². The zero-order valence-corrected chi connectivity index (χ0v) is 21.5. The number of carbonyl (C=O) groups is 1. The summed E-state index contributed by atoms with van der Waals surface area (Å²) in [5, 5.41) is 21.0. The van der Waals surface area contributed by atoms with Crippen molar-refractivity contribution >= 4 is 28.2 Å². The number of piperazine rings is 1. The molecular weight excluding hydrogens is 494 g/mol. The third-order valence-electron chi connectivity index (χ3n) is 7.18. The normalized spacial score (nSPS) is 15.5. The van der Waals surface area contributed by atoms with Crippen LogP contribution in [-0.4, -0.2) is 71.5 Å². The molecule has 0 bridgehead atoms. The summed E-state index contributed by atoms with van der Waals surface area (Å²) >= 11 is 0. The van der Waals surface area contributed by atoms with E-state index in [1.165, 1.54) is 0 Å². The zero-order valence-electron chi connectivity index (χ0n) is 21.5. The van der Waals surface area contributed by atoms with E-state index in [0.29, 0.717) is 46.0 Å². The fourth-order valence-corrected chi connectivity index (χ4v) is 4.96. The van der Waals surface area contributed by atoms with E-state index in [4.69, 9.17) is 14.5 Å². The van der Waals surface area contributed by atoms with Crippen molar-refractivity contribution in [1.82, 2.24) is 14.8 Å². The minimum Gasteiger partial charge on any atom is -0.494 e. The van der Waals surface area contributed by atoms with Crippen LogP contribution in [0.2, 0.25) is 0 Å². The third kappa shape index (κ3) is 4.90. The number of aromatic nitrogens is 1. The molecule has 0 atom stereocenters. The first kappa shape index (κ1) is 24.5. The van der Waals surface area contributed by atoms with Crippen LogP contribution in [0, 0.1) is 11.3 Å². The Bertz CT molecular complexity index is 1630. The number of hydrogen-bond acceptors (Lipinski definition) is 7. The van der Waals surface area contributed by atoms with E-state index in [1.54, 1.807) is 18.2 Å². The largest absolute Gasteiger partial charge is 0.494 e. The molecule has 2 aliphatic rings. The topological polar surface area (TPSA) is 114 Å². The number of amides is 1. The number of nitrogens with zero attached hydrogens (tertiary/aromatic N) is 4. The van der Waals surface area contributed by atoms with Crippen molar-refractivity contribution in [1.29, 1.82) is 5.26 Å². The number of aliphatic imine (C=N–C) groups is 1. The van der Waals surface area contributed by atoms with Crippen molar-refractivity contribution in [2.24, 2.45) is 4.99 Å². The van der Waals surface area contributed by atoms with E-state index in [1.807, 2.05) is 47.4 Å². The number of hydrogen-bond donors (Lipinski definition) is 2. The average Bonchev–Trinajstić information content (AvgIpc) is 3.55. The molecule has 0 unspecified atom stereocenters. The number of benzene rings is 3. The number of carbonyl (C=O) groups excluding carboxylic acids is 1. The summed E-state index contributed by atoms with van der Waals surface area (Å²) in [4.78, 5) is 24.8. The second-order valence-corrected chi connectivity index (χ2v) is 9.78. The molecule has 1 fully saturated rings. The number of H-pyrrole nitrogens is 1. The Morgan fingerprint density at radius 1 is 1.03 bits per heavy atom. The SMILES string of the molecule is CN1CCN(C(=O)Cc2ccc(N=C(c3ccc4c(c3)OCO4)c3c(O)[nH]c4cc(C#N)ccc34)cc2)CC1. The highest BCUT2D eigenvalue weighted by Crippen LogP contribution is 2.37. The van der Waals surface area contributed by atoms with Gasteiger partial charge in [-0.05, 0) is 55.1 Å². The van der Waals surface area contributed by atoms with Gasteiger partial charge in [0.1, 0.15) is 0 Å². The molecule has 1 aromatic heterocycles. The van der Waals surface area contributed by atoms with Crippen molar-refractivity contribution in [3.8, 4) is 23.4 Å². The molecule has 1 amide bonds. The van der Waals surface area contributed by atoms with Gasteiger partial charge in [0.2, 0.25) is 12.7 Å². The Balaban J connectivity index is 1.35. The van der Waals surface area contributed by atoms with Crippen LogP contribution < -0.4 is 9.47 Å². The van der Waals surface area contributed by atoms with Gasteiger partial charge in [0.25, 0.3) is 0 Å². The number of ether oxygens (including phenoxy) is 2. The number of aromatic hydroxyl groups is 1. The van der Waals surface area contributed by atoms with Gasteiger partial charge in [0.15, 0.2) is 17.4 Å². The third-order valence-corrected chi connectivity index (χ3v) is 7.18.